The van der Waals surface area contributed by atoms with Crippen molar-refractivity contribution in [3.63, 3.8) is 0 Å². The Bertz CT molecular complexity index is 439. The second-order valence-corrected chi connectivity index (χ2v) is 5.05. The van der Waals surface area contributed by atoms with Gasteiger partial charge in [-0.25, -0.2) is 0 Å². The van der Waals surface area contributed by atoms with Crippen molar-refractivity contribution in [2.24, 2.45) is 0 Å². The number of hydrogen-bond acceptors (Lipinski definition) is 3. The molecule has 104 valence electrons. The van der Waals surface area contributed by atoms with Crippen LogP contribution in [0.2, 0.25) is 0 Å². The average Bonchev–Trinajstić information content (AvgIpc) is 2.47. The Balaban J connectivity index is 2.49. The van der Waals surface area contributed by atoms with Crippen molar-refractivity contribution >= 4 is 5.97 Å². The molecule has 0 radical (unpaired) electrons. The van der Waals surface area contributed by atoms with Crippen LogP contribution in [0.25, 0.3) is 0 Å². The van der Waals surface area contributed by atoms with Gasteiger partial charge in [-0.1, -0.05) is 19.3 Å². The maximum absolute atomic E-state index is 11.8. The maximum Gasteiger partial charge on any atom is 0.314 e. The van der Waals surface area contributed by atoms with Gasteiger partial charge in [-0.2, -0.15) is 0 Å². The summed E-state index contributed by atoms with van der Waals surface area (Å²) in [4.78, 5) is 11.8. The maximum atomic E-state index is 11.8. The van der Waals surface area contributed by atoms with Gasteiger partial charge in [-0.05, 0) is 30.5 Å². The third-order valence-electron chi connectivity index (χ3n) is 4.02. The number of aliphatic carboxylic acids is 1. The summed E-state index contributed by atoms with van der Waals surface area (Å²) in [5, 5.41) is 9.69. The fourth-order valence-corrected chi connectivity index (χ4v) is 2.87. The summed E-state index contributed by atoms with van der Waals surface area (Å²) in [6, 6.07) is 5.41. The highest BCUT2D eigenvalue weighted by atomic mass is 16.5. The molecule has 4 heteroatoms. The lowest BCUT2D eigenvalue weighted by Gasteiger charge is -2.34. The first-order valence-corrected chi connectivity index (χ1v) is 6.59. The molecule has 1 aliphatic carbocycles. The summed E-state index contributed by atoms with van der Waals surface area (Å²) in [5.41, 5.74) is -0.00373. The normalized spacial score (nSPS) is 17.8. The molecule has 0 atom stereocenters. The Kier molecular flexibility index (Phi) is 3.98. The fraction of sp³-hybridized carbons (Fsp3) is 0.533. The fourth-order valence-electron chi connectivity index (χ4n) is 2.87. The van der Waals surface area contributed by atoms with Crippen LogP contribution in [0, 0.1) is 0 Å². The molecule has 0 aromatic heterocycles. The number of carboxylic acid groups (broad SMARTS) is 1. The van der Waals surface area contributed by atoms with Crippen molar-refractivity contribution in [3.8, 4) is 11.5 Å². The van der Waals surface area contributed by atoms with Gasteiger partial charge in [0.05, 0.1) is 19.6 Å². The molecule has 0 unspecified atom stereocenters. The van der Waals surface area contributed by atoms with Crippen LogP contribution >= 0.6 is 0 Å². The van der Waals surface area contributed by atoms with Crippen LogP contribution in [0.1, 0.15) is 37.7 Å². The zero-order valence-electron chi connectivity index (χ0n) is 11.4. The average molecular weight is 264 g/mol. The highest BCUT2D eigenvalue weighted by molar-refractivity contribution is 5.82. The minimum Gasteiger partial charge on any atom is -0.497 e. The lowest BCUT2D eigenvalue weighted by molar-refractivity contribution is -0.145. The van der Waals surface area contributed by atoms with E-state index in [1.807, 2.05) is 12.1 Å². The summed E-state index contributed by atoms with van der Waals surface area (Å²) >= 11 is 0. The predicted molar refractivity (Wildman–Crippen MR) is 71.9 cm³/mol. The molecule has 19 heavy (non-hydrogen) atoms. The zero-order valence-corrected chi connectivity index (χ0v) is 11.4. The van der Waals surface area contributed by atoms with Gasteiger partial charge < -0.3 is 14.6 Å². The number of rotatable bonds is 4. The molecule has 1 N–H and O–H groups in total. The Labute approximate surface area is 113 Å². The van der Waals surface area contributed by atoms with Crippen LogP contribution in [0.3, 0.4) is 0 Å². The minimum atomic E-state index is -0.792. The van der Waals surface area contributed by atoms with E-state index >= 15 is 0 Å². The van der Waals surface area contributed by atoms with Crippen molar-refractivity contribution in [1.29, 1.82) is 0 Å². The number of benzene rings is 1. The van der Waals surface area contributed by atoms with Gasteiger partial charge in [0.2, 0.25) is 0 Å². The summed E-state index contributed by atoms with van der Waals surface area (Å²) in [6.45, 7) is 0. The Morgan fingerprint density at radius 2 is 1.58 bits per heavy atom. The van der Waals surface area contributed by atoms with E-state index in [2.05, 4.69) is 0 Å². The Hall–Kier alpha value is -1.71. The first-order valence-electron chi connectivity index (χ1n) is 6.59. The van der Waals surface area contributed by atoms with Gasteiger partial charge >= 0.3 is 5.97 Å². The summed E-state index contributed by atoms with van der Waals surface area (Å²) < 4.78 is 10.5. The van der Waals surface area contributed by atoms with Gasteiger partial charge in [0.1, 0.15) is 11.5 Å². The first kappa shape index (κ1) is 13.7. The molecule has 1 aliphatic rings. The summed E-state index contributed by atoms with van der Waals surface area (Å²) in [5.74, 6) is 0.531. The van der Waals surface area contributed by atoms with Crippen LogP contribution in [0.4, 0.5) is 0 Å². The molecular formula is C15H20O4. The van der Waals surface area contributed by atoms with E-state index in [1.54, 1.807) is 20.3 Å². The largest absolute Gasteiger partial charge is 0.497 e. The van der Waals surface area contributed by atoms with Crippen LogP contribution in [0.5, 0.6) is 11.5 Å². The monoisotopic (exact) mass is 264 g/mol. The summed E-state index contributed by atoms with van der Waals surface area (Å²) in [7, 11) is 3.15. The molecule has 4 nitrogen and oxygen atoms in total. The lowest BCUT2D eigenvalue weighted by atomic mass is 9.69. The molecule has 0 saturated heterocycles. The molecule has 2 rings (SSSR count). The van der Waals surface area contributed by atoms with Crippen LogP contribution in [-0.4, -0.2) is 25.3 Å². The number of carboxylic acids is 1. The van der Waals surface area contributed by atoms with Crippen molar-refractivity contribution < 1.29 is 19.4 Å². The van der Waals surface area contributed by atoms with Gasteiger partial charge in [-0.15, -0.1) is 0 Å². The highest BCUT2D eigenvalue weighted by Crippen LogP contribution is 2.42. The molecule has 0 amide bonds. The molecule has 1 aromatic carbocycles. The van der Waals surface area contributed by atoms with Crippen molar-refractivity contribution in [2.45, 2.75) is 37.5 Å². The smallest absolute Gasteiger partial charge is 0.314 e. The van der Waals surface area contributed by atoms with E-state index in [9.17, 15) is 9.90 Å². The van der Waals surface area contributed by atoms with Gasteiger partial charge in [0, 0.05) is 6.07 Å². The number of hydrogen-bond donors (Lipinski definition) is 1. The van der Waals surface area contributed by atoms with Crippen molar-refractivity contribution in [1.82, 2.24) is 0 Å². The third kappa shape index (κ3) is 2.53. The van der Waals surface area contributed by atoms with Gasteiger partial charge in [0.25, 0.3) is 0 Å². The number of ether oxygens (including phenoxy) is 2. The van der Waals surface area contributed by atoms with E-state index in [1.165, 1.54) is 0 Å². The molecular weight excluding hydrogens is 244 g/mol. The third-order valence-corrected chi connectivity index (χ3v) is 4.02. The van der Waals surface area contributed by atoms with E-state index in [-0.39, 0.29) is 0 Å². The number of methoxy groups -OCH3 is 2. The molecule has 0 bridgehead atoms. The molecule has 0 aliphatic heterocycles. The number of carbonyl (C=O) groups is 1. The second kappa shape index (κ2) is 5.51. The first-order chi connectivity index (χ1) is 9.12. The van der Waals surface area contributed by atoms with Gasteiger partial charge in [-0.3, -0.25) is 4.79 Å². The molecule has 1 aromatic rings. The Morgan fingerprint density at radius 1 is 1.05 bits per heavy atom. The van der Waals surface area contributed by atoms with Gasteiger partial charge in [0.15, 0.2) is 0 Å². The molecule has 1 saturated carbocycles. The topological polar surface area (TPSA) is 55.8 Å². The van der Waals surface area contributed by atoms with E-state index < -0.39 is 11.4 Å². The molecule has 0 spiro atoms. The Morgan fingerprint density at radius 3 is 2.00 bits per heavy atom. The van der Waals surface area contributed by atoms with E-state index in [4.69, 9.17) is 9.47 Å². The summed E-state index contributed by atoms with van der Waals surface area (Å²) in [6.07, 6.45) is 4.37. The molecule has 0 heterocycles. The second-order valence-electron chi connectivity index (χ2n) is 5.05. The van der Waals surface area contributed by atoms with E-state index in [0.717, 1.165) is 24.8 Å². The van der Waals surface area contributed by atoms with Crippen LogP contribution in [-0.2, 0) is 10.2 Å². The minimum absolute atomic E-state index is 0.639. The highest BCUT2D eigenvalue weighted by Gasteiger charge is 2.41. The zero-order chi connectivity index (χ0) is 13.9. The lowest BCUT2D eigenvalue weighted by Crippen LogP contribution is -2.37. The van der Waals surface area contributed by atoms with Crippen molar-refractivity contribution in [3.05, 3.63) is 23.8 Å². The van der Waals surface area contributed by atoms with Crippen LogP contribution in [0.15, 0.2) is 18.2 Å². The quantitative estimate of drug-likeness (QED) is 0.908. The molecule has 1 fully saturated rings. The standard InChI is InChI=1S/C15H20O4/c1-18-12-8-11(9-13(10-12)19-2)15(14(16)17)6-4-3-5-7-15/h8-10H,3-7H2,1-2H3,(H,16,17). The van der Waals surface area contributed by atoms with Crippen LogP contribution < -0.4 is 9.47 Å². The van der Waals surface area contributed by atoms with Crippen molar-refractivity contribution in [2.75, 3.05) is 14.2 Å². The van der Waals surface area contributed by atoms with E-state index in [0.29, 0.717) is 24.3 Å². The SMILES string of the molecule is COc1cc(OC)cc(C2(C(=O)O)CCCCC2)c1. The predicted octanol–water partition coefficient (Wildman–Crippen LogP) is 2.99.